The minimum Gasteiger partial charge on any atom is -0.452 e. The molecule has 0 unspecified atom stereocenters. The first-order valence-electron chi connectivity index (χ1n) is 7.28. The Morgan fingerprint density at radius 3 is 2.32 bits per heavy atom. The van der Waals surface area contributed by atoms with Gasteiger partial charge in [-0.25, -0.2) is 9.59 Å². The van der Waals surface area contributed by atoms with Gasteiger partial charge in [0.05, 0.1) is 4.92 Å². The molecule has 9 heteroatoms. The number of urea groups is 1. The number of non-ortho nitro benzene ring substituents is 1. The molecule has 0 aliphatic heterocycles. The van der Waals surface area contributed by atoms with Crippen molar-refractivity contribution in [1.82, 2.24) is 10.6 Å². The van der Waals surface area contributed by atoms with Gasteiger partial charge in [0.15, 0.2) is 6.61 Å². The van der Waals surface area contributed by atoms with E-state index in [1.165, 1.54) is 30.3 Å². The number of benzene rings is 1. The van der Waals surface area contributed by atoms with E-state index in [-0.39, 0.29) is 5.69 Å². The minimum absolute atomic E-state index is 0.0649. The molecular formula is C16H19N3O6. The molecule has 0 bridgehead atoms. The van der Waals surface area contributed by atoms with Crippen LogP contribution in [0.3, 0.4) is 0 Å². The van der Waals surface area contributed by atoms with Crippen molar-refractivity contribution in [2.45, 2.75) is 26.3 Å². The number of hydrogen-bond acceptors (Lipinski definition) is 6. The summed E-state index contributed by atoms with van der Waals surface area (Å²) in [4.78, 5) is 44.4. The van der Waals surface area contributed by atoms with Gasteiger partial charge >= 0.3 is 12.0 Å². The zero-order valence-corrected chi connectivity index (χ0v) is 14.1. The third-order valence-electron chi connectivity index (χ3n) is 2.60. The Morgan fingerprint density at radius 2 is 1.80 bits per heavy atom. The average molecular weight is 349 g/mol. The van der Waals surface area contributed by atoms with E-state index in [1.54, 1.807) is 20.8 Å². The maximum absolute atomic E-state index is 11.5. The van der Waals surface area contributed by atoms with Crippen LogP contribution in [-0.2, 0) is 14.3 Å². The number of nitrogens with zero attached hydrogens (tertiary/aromatic N) is 1. The number of nitro benzene ring substituents is 1. The summed E-state index contributed by atoms with van der Waals surface area (Å²) in [5.74, 6) is -1.55. The molecule has 1 rings (SSSR count). The maximum atomic E-state index is 11.5. The van der Waals surface area contributed by atoms with Crippen molar-refractivity contribution in [2.75, 3.05) is 6.61 Å². The molecular weight excluding hydrogens is 330 g/mol. The molecule has 0 aliphatic rings. The Labute approximate surface area is 144 Å². The highest BCUT2D eigenvalue weighted by Crippen LogP contribution is 2.12. The lowest BCUT2D eigenvalue weighted by molar-refractivity contribution is -0.384. The molecule has 0 radical (unpaired) electrons. The van der Waals surface area contributed by atoms with Crippen LogP contribution in [0.25, 0.3) is 6.08 Å². The highest BCUT2D eigenvalue weighted by molar-refractivity contribution is 5.96. The van der Waals surface area contributed by atoms with E-state index in [0.29, 0.717) is 5.56 Å². The van der Waals surface area contributed by atoms with Gasteiger partial charge < -0.3 is 10.1 Å². The van der Waals surface area contributed by atoms with E-state index in [2.05, 4.69) is 5.32 Å². The third-order valence-corrected chi connectivity index (χ3v) is 2.60. The summed E-state index contributed by atoms with van der Waals surface area (Å²) in [5, 5.41) is 15.1. The molecule has 2 N–H and O–H groups in total. The largest absolute Gasteiger partial charge is 0.452 e. The predicted octanol–water partition coefficient (Wildman–Crippen LogP) is 1.78. The zero-order chi connectivity index (χ0) is 19.0. The number of carbonyl (C=O) groups is 3. The van der Waals surface area contributed by atoms with Gasteiger partial charge in [0.1, 0.15) is 0 Å². The number of ether oxygens (including phenoxy) is 1. The fourth-order valence-electron chi connectivity index (χ4n) is 1.59. The fourth-order valence-corrected chi connectivity index (χ4v) is 1.59. The second kappa shape index (κ2) is 8.57. The minimum atomic E-state index is -0.787. The van der Waals surface area contributed by atoms with Crippen molar-refractivity contribution < 1.29 is 24.0 Å². The lowest BCUT2D eigenvalue weighted by Gasteiger charge is -2.20. The molecule has 0 fully saturated rings. The Kier molecular flexibility index (Phi) is 6.80. The molecule has 3 amide bonds. The standard InChI is InChI=1S/C16H19N3O6/c1-16(2,3)18-15(22)17-13(20)10-25-14(21)9-6-11-4-7-12(8-5-11)19(23)24/h4-9H,10H2,1-3H3,(H2,17,18,20,22)/b9-6+. The molecule has 0 aromatic heterocycles. The van der Waals surface area contributed by atoms with Crippen LogP contribution in [-0.4, -0.2) is 35.0 Å². The summed E-state index contributed by atoms with van der Waals surface area (Å²) >= 11 is 0. The summed E-state index contributed by atoms with van der Waals surface area (Å²) in [5.41, 5.74) is -0.0179. The Bertz CT molecular complexity index is 689. The quantitative estimate of drug-likeness (QED) is 0.361. The molecule has 0 heterocycles. The van der Waals surface area contributed by atoms with Crippen LogP contribution in [0.1, 0.15) is 26.3 Å². The zero-order valence-electron chi connectivity index (χ0n) is 14.1. The van der Waals surface area contributed by atoms with Crippen LogP contribution in [0.15, 0.2) is 30.3 Å². The normalized spacial score (nSPS) is 11.0. The first-order chi connectivity index (χ1) is 11.6. The number of imide groups is 1. The highest BCUT2D eigenvalue weighted by atomic mass is 16.6. The topological polar surface area (TPSA) is 128 Å². The van der Waals surface area contributed by atoms with E-state index in [4.69, 9.17) is 4.74 Å². The van der Waals surface area contributed by atoms with Crippen molar-refractivity contribution in [2.24, 2.45) is 0 Å². The molecule has 0 aliphatic carbocycles. The average Bonchev–Trinajstić information content (AvgIpc) is 2.49. The van der Waals surface area contributed by atoms with Gasteiger partial charge in [0.2, 0.25) is 0 Å². The summed E-state index contributed by atoms with van der Waals surface area (Å²) in [6.07, 6.45) is 2.46. The number of hydrogen-bond donors (Lipinski definition) is 2. The molecule has 0 saturated carbocycles. The van der Waals surface area contributed by atoms with Gasteiger partial charge in [-0.15, -0.1) is 0 Å². The van der Waals surface area contributed by atoms with Crippen molar-refractivity contribution >= 4 is 29.7 Å². The van der Waals surface area contributed by atoms with Crippen molar-refractivity contribution in [3.63, 3.8) is 0 Å². The lowest BCUT2D eigenvalue weighted by Crippen LogP contribution is -2.49. The van der Waals surface area contributed by atoms with Crippen LogP contribution in [0.4, 0.5) is 10.5 Å². The number of nitrogens with one attached hydrogen (secondary N) is 2. The number of esters is 1. The molecule has 25 heavy (non-hydrogen) atoms. The smallest absolute Gasteiger partial charge is 0.331 e. The van der Waals surface area contributed by atoms with Gasteiger partial charge in [0.25, 0.3) is 11.6 Å². The van der Waals surface area contributed by atoms with E-state index in [9.17, 15) is 24.5 Å². The number of rotatable bonds is 5. The van der Waals surface area contributed by atoms with Crippen LogP contribution in [0.2, 0.25) is 0 Å². The first kappa shape index (κ1) is 19.8. The second-order valence-electron chi connectivity index (χ2n) is 6.04. The van der Waals surface area contributed by atoms with Crippen LogP contribution in [0.5, 0.6) is 0 Å². The Hall–Kier alpha value is -3.23. The monoisotopic (exact) mass is 349 g/mol. The first-order valence-corrected chi connectivity index (χ1v) is 7.28. The molecule has 0 atom stereocenters. The Balaban J connectivity index is 2.42. The van der Waals surface area contributed by atoms with Gasteiger partial charge in [-0.2, -0.15) is 0 Å². The number of amides is 3. The third kappa shape index (κ3) is 8.26. The van der Waals surface area contributed by atoms with Crippen molar-refractivity contribution in [1.29, 1.82) is 0 Å². The summed E-state index contributed by atoms with van der Waals surface area (Å²) < 4.78 is 4.69. The lowest BCUT2D eigenvalue weighted by atomic mass is 10.1. The van der Waals surface area contributed by atoms with Gasteiger partial charge in [-0.3, -0.25) is 20.2 Å². The predicted molar refractivity (Wildman–Crippen MR) is 89.5 cm³/mol. The van der Waals surface area contributed by atoms with E-state index in [0.717, 1.165) is 6.08 Å². The van der Waals surface area contributed by atoms with E-state index < -0.39 is 35.0 Å². The van der Waals surface area contributed by atoms with Gasteiger partial charge in [-0.1, -0.05) is 0 Å². The molecule has 9 nitrogen and oxygen atoms in total. The SMILES string of the molecule is CC(C)(C)NC(=O)NC(=O)COC(=O)/C=C/c1ccc([N+](=O)[O-])cc1. The maximum Gasteiger partial charge on any atom is 0.331 e. The summed E-state index contributed by atoms with van der Waals surface area (Å²) in [7, 11) is 0. The summed E-state index contributed by atoms with van der Waals surface area (Å²) in [6, 6.07) is 4.84. The highest BCUT2D eigenvalue weighted by Gasteiger charge is 2.16. The summed E-state index contributed by atoms with van der Waals surface area (Å²) in [6.45, 7) is 4.64. The van der Waals surface area contributed by atoms with E-state index in [1.807, 2.05) is 5.32 Å². The van der Waals surface area contributed by atoms with Crippen LogP contribution in [0, 0.1) is 10.1 Å². The van der Waals surface area contributed by atoms with Crippen LogP contribution < -0.4 is 10.6 Å². The molecule has 134 valence electrons. The number of carbonyl (C=O) groups excluding carboxylic acids is 3. The molecule has 1 aromatic rings. The van der Waals surface area contributed by atoms with Gasteiger partial charge in [-0.05, 0) is 44.5 Å². The molecule has 0 spiro atoms. The number of nitro groups is 1. The molecule has 1 aromatic carbocycles. The van der Waals surface area contributed by atoms with E-state index >= 15 is 0 Å². The Morgan fingerprint density at radius 1 is 1.20 bits per heavy atom. The molecule has 0 saturated heterocycles. The van der Waals surface area contributed by atoms with Crippen LogP contribution >= 0.6 is 0 Å². The van der Waals surface area contributed by atoms with Crippen molar-refractivity contribution in [3.8, 4) is 0 Å². The van der Waals surface area contributed by atoms with Crippen molar-refractivity contribution in [3.05, 3.63) is 46.0 Å². The second-order valence-corrected chi connectivity index (χ2v) is 6.04. The fraction of sp³-hybridized carbons (Fsp3) is 0.312. The van der Waals surface area contributed by atoms with Gasteiger partial charge in [0, 0.05) is 23.7 Å².